The van der Waals surface area contributed by atoms with Crippen LogP contribution < -0.4 is 4.74 Å². The zero-order valence-electron chi connectivity index (χ0n) is 19.4. The van der Waals surface area contributed by atoms with E-state index < -0.39 is 11.0 Å². The van der Waals surface area contributed by atoms with E-state index in [0.717, 1.165) is 6.42 Å². The average molecular weight is 438 g/mol. The van der Waals surface area contributed by atoms with Crippen LogP contribution in [0.4, 0.5) is 5.69 Å². The first-order chi connectivity index (χ1) is 15.1. The third-order valence-electron chi connectivity index (χ3n) is 5.44. The van der Waals surface area contributed by atoms with Crippen molar-refractivity contribution in [2.45, 2.75) is 103 Å². The molecule has 1 aromatic rings. The molecule has 0 aliphatic heterocycles. The minimum atomic E-state index is -0.707. The number of benzene rings is 1. The van der Waals surface area contributed by atoms with Crippen molar-refractivity contribution in [1.29, 1.82) is 0 Å². The van der Waals surface area contributed by atoms with E-state index in [9.17, 15) is 15.2 Å². The average Bonchev–Trinajstić information content (AvgIpc) is 2.77. The maximum Gasteiger partial charge on any atom is 0.269 e. The molecule has 0 spiro atoms. The molecule has 6 heteroatoms. The van der Waals surface area contributed by atoms with Crippen molar-refractivity contribution in [2.24, 2.45) is 0 Å². The second kappa shape index (κ2) is 19.1. The molecule has 0 unspecified atom stereocenters. The quantitative estimate of drug-likeness (QED) is 0.129. The van der Waals surface area contributed by atoms with Crippen LogP contribution >= 0.6 is 0 Å². The summed E-state index contributed by atoms with van der Waals surface area (Å²) in [5.41, 5.74) is 0.0180. The van der Waals surface area contributed by atoms with E-state index >= 15 is 0 Å². The van der Waals surface area contributed by atoms with Crippen LogP contribution in [-0.4, -0.2) is 36.0 Å². The number of nitrogens with zero attached hydrogens (tertiary/aromatic N) is 1. The van der Waals surface area contributed by atoms with E-state index in [-0.39, 0.29) is 18.9 Å². The number of nitro benzene ring substituents is 1. The molecular weight excluding hydrogens is 394 g/mol. The first kappa shape index (κ1) is 27.4. The second-order valence-corrected chi connectivity index (χ2v) is 8.39. The van der Waals surface area contributed by atoms with E-state index in [1.165, 1.54) is 108 Å². The molecule has 0 amide bonds. The van der Waals surface area contributed by atoms with Crippen LogP contribution in [0.1, 0.15) is 96.8 Å². The number of aliphatic hydroxyl groups is 1. The Hall–Kier alpha value is -1.66. The zero-order valence-corrected chi connectivity index (χ0v) is 19.4. The molecule has 0 aliphatic carbocycles. The first-order valence-corrected chi connectivity index (χ1v) is 12.3. The molecule has 1 N–H and O–H groups in total. The molecule has 6 nitrogen and oxygen atoms in total. The van der Waals surface area contributed by atoms with Crippen LogP contribution in [0.2, 0.25) is 0 Å². The number of hydrogen-bond donors (Lipinski definition) is 1. The third-order valence-corrected chi connectivity index (χ3v) is 5.44. The van der Waals surface area contributed by atoms with Gasteiger partial charge in [-0.15, -0.1) is 0 Å². The maximum atomic E-state index is 10.6. The molecule has 0 saturated heterocycles. The molecule has 0 fully saturated rings. The van der Waals surface area contributed by atoms with Crippen molar-refractivity contribution in [3.63, 3.8) is 0 Å². The number of ether oxygens (including phenoxy) is 2. The number of hydrogen-bond acceptors (Lipinski definition) is 5. The fraction of sp³-hybridized carbons (Fsp3) is 0.760. The normalized spacial score (nSPS) is 12.1. The van der Waals surface area contributed by atoms with Gasteiger partial charge >= 0.3 is 0 Å². The molecule has 0 bridgehead atoms. The minimum absolute atomic E-state index is 0.0180. The molecule has 178 valence electrons. The summed E-state index contributed by atoms with van der Waals surface area (Å²) < 4.78 is 11.0. The van der Waals surface area contributed by atoms with Crippen LogP contribution in [0.3, 0.4) is 0 Å². The first-order valence-electron chi connectivity index (χ1n) is 12.3. The number of aliphatic hydroxyl groups excluding tert-OH is 1. The molecule has 0 aliphatic rings. The van der Waals surface area contributed by atoms with Crippen LogP contribution in [0.5, 0.6) is 5.75 Å². The van der Waals surface area contributed by atoms with Crippen molar-refractivity contribution in [3.8, 4) is 5.75 Å². The Labute approximate surface area is 188 Å². The van der Waals surface area contributed by atoms with Crippen molar-refractivity contribution in [2.75, 3.05) is 19.8 Å². The van der Waals surface area contributed by atoms with Gasteiger partial charge in [-0.25, -0.2) is 0 Å². The Balaban J connectivity index is 1.84. The molecule has 0 saturated carbocycles. The van der Waals surface area contributed by atoms with Crippen LogP contribution in [0.15, 0.2) is 24.3 Å². The summed E-state index contributed by atoms with van der Waals surface area (Å²) in [6.45, 7) is 3.27. The lowest BCUT2D eigenvalue weighted by Gasteiger charge is -2.12. The highest BCUT2D eigenvalue weighted by atomic mass is 16.6. The fourth-order valence-electron chi connectivity index (χ4n) is 3.52. The fourth-order valence-corrected chi connectivity index (χ4v) is 3.52. The maximum absolute atomic E-state index is 10.6. The molecule has 0 radical (unpaired) electrons. The smallest absolute Gasteiger partial charge is 0.269 e. The Bertz CT molecular complexity index is 549. The van der Waals surface area contributed by atoms with Crippen molar-refractivity contribution in [3.05, 3.63) is 34.4 Å². The Morgan fingerprint density at radius 3 is 1.77 bits per heavy atom. The van der Waals surface area contributed by atoms with Gasteiger partial charge in [-0.1, -0.05) is 90.4 Å². The summed E-state index contributed by atoms with van der Waals surface area (Å²) in [6, 6.07) is 5.82. The van der Waals surface area contributed by atoms with Crippen molar-refractivity contribution < 1.29 is 19.5 Å². The predicted molar refractivity (Wildman–Crippen MR) is 126 cm³/mol. The summed E-state index contributed by atoms with van der Waals surface area (Å²) in [4.78, 5) is 10.2. The molecule has 1 aromatic carbocycles. The van der Waals surface area contributed by atoms with E-state index in [4.69, 9.17) is 9.47 Å². The zero-order chi connectivity index (χ0) is 22.6. The van der Waals surface area contributed by atoms with Crippen LogP contribution in [-0.2, 0) is 4.74 Å². The molecular formula is C25H43NO5. The largest absolute Gasteiger partial charge is 0.491 e. The highest BCUT2D eigenvalue weighted by Gasteiger charge is 2.08. The summed E-state index contributed by atoms with van der Waals surface area (Å²) in [5.74, 6) is 0.497. The van der Waals surface area contributed by atoms with Gasteiger partial charge in [0.15, 0.2) is 0 Å². The Morgan fingerprint density at radius 1 is 0.806 bits per heavy atom. The second-order valence-electron chi connectivity index (χ2n) is 8.39. The summed E-state index contributed by atoms with van der Waals surface area (Å²) in [6.07, 6.45) is 17.9. The van der Waals surface area contributed by atoms with Gasteiger partial charge < -0.3 is 14.6 Å². The monoisotopic (exact) mass is 437 g/mol. The number of unbranched alkanes of at least 4 members (excludes halogenated alkanes) is 13. The van der Waals surface area contributed by atoms with Crippen molar-refractivity contribution in [1.82, 2.24) is 0 Å². The predicted octanol–water partition coefficient (Wildman–Crippen LogP) is 6.83. The van der Waals surface area contributed by atoms with Gasteiger partial charge in [-0.05, 0) is 18.6 Å². The lowest BCUT2D eigenvalue weighted by molar-refractivity contribution is -0.384. The van der Waals surface area contributed by atoms with Crippen LogP contribution in [0, 0.1) is 10.1 Å². The van der Waals surface area contributed by atoms with Gasteiger partial charge in [-0.2, -0.15) is 0 Å². The highest BCUT2D eigenvalue weighted by molar-refractivity contribution is 5.35. The van der Waals surface area contributed by atoms with Gasteiger partial charge in [0.2, 0.25) is 0 Å². The Morgan fingerprint density at radius 2 is 1.29 bits per heavy atom. The van der Waals surface area contributed by atoms with Crippen LogP contribution in [0.25, 0.3) is 0 Å². The molecule has 0 heterocycles. The lowest BCUT2D eigenvalue weighted by Crippen LogP contribution is -2.23. The van der Waals surface area contributed by atoms with Gasteiger partial charge in [0.05, 0.1) is 11.5 Å². The molecule has 1 atom stereocenters. The molecule has 1 rings (SSSR count). The van der Waals surface area contributed by atoms with Gasteiger partial charge in [-0.3, -0.25) is 10.1 Å². The molecule has 31 heavy (non-hydrogen) atoms. The van der Waals surface area contributed by atoms with Gasteiger partial charge in [0, 0.05) is 18.7 Å². The standard InChI is InChI=1S/C25H43NO5/c1-2-3-4-5-6-7-8-9-10-11-12-13-14-15-20-30-21-24(27)22-31-25-18-16-23(17-19-25)26(28)29/h16-19,24,27H,2-15,20-22H2,1H3/t24-/m1/s1. The SMILES string of the molecule is CCCCCCCCCCCCCCCCOC[C@@H](O)COc1ccc([N+](=O)[O-])cc1. The van der Waals surface area contributed by atoms with Gasteiger partial charge in [0.1, 0.15) is 18.5 Å². The minimum Gasteiger partial charge on any atom is -0.491 e. The van der Waals surface area contributed by atoms with E-state index in [1.54, 1.807) is 0 Å². The summed E-state index contributed by atoms with van der Waals surface area (Å²) in [5, 5.41) is 20.5. The molecule has 0 aromatic heterocycles. The number of non-ortho nitro benzene ring substituents is 1. The van der Waals surface area contributed by atoms with E-state index in [0.29, 0.717) is 12.4 Å². The van der Waals surface area contributed by atoms with E-state index in [1.807, 2.05) is 0 Å². The summed E-state index contributed by atoms with van der Waals surface area (Å²) in [7, 11) is 0. The van der Waals surface area contributed by atoms with Crippen molar-refractivity contribution >= 4 is 5.69 Å². The summed E-state index contributed by atoms with van der Waals surface area (Å²) >= 11 is 0. The van der Waals surface area contributed by atoms with E-state index in [2.05, 4.69) is 6.92 Å². The lowest BCUT2D eigenvalue weighted by atomic mass is 10.0. The third kappa shape index (κ3) is 15.7. The Kier molecular flexibility index (Phi) is 16.8. The highest BCUT2D eigenvalue weighted by Crippen LogP contribution is 2.17. The topological polar surface area (TPSA) is 81.8 Å². The number of rotatable bonds is 21. The van der Waals surface area contributed by atoms with Gasteiger partial charge in [0.25, 0.3) is 5.69 Å². The number of nitro groups is 1.